The number of hydrogen-bond acceptors (Lipinski definition) is 8. The van der Waals surface area contributed by atoms with Gasteiger partial charge in [-0.1, -0.05) is 0 Å². The third-order valence-electron chi connectivity index (χ3n) is 7.11. The number of nitrogens with zero attached hydrogens (tertiary/aromatic N) is 5. The molecule has 36 heavy (non-hydrogen) atoms. The number of aliphatic hydroxyl groups is 1. The van der Waals surface area contributed by atoms with Crippen LogP contribution in [0.15, 0.2) is 42.6 Å². The molecular formula is C28H34N6O2. The number of fused-ring (bicyclic) bond motifs is 1. The van der Waals surface area contributed by atoms with Crippen molar-refractivity contribution in [2.75, 3.05) is 42.5 Å². The van der Waals surface area contributed by atoms with E-state index in [1.54, 1.807) is 6.20 Å². The van der Waals surface area contributed by atoms with Crippen molar-refractivity contribution in [2.24, 2.45) is 0 Å². The molecule has 2 fully saturated rings. The van der Waals surface area contributed by atoms with Gasteiger partial charge in [-0.15, -0.1) is 0 Å². The summed E-state index contributed by atoms with van der Waals surface area (Å²) in [5.41, 5.74) is 5.24. The molecule has 0 saturated carbocycles. The van der Waals surface area contributed by atoms with Gasteiger partial charge in [0.15, 0.2) is 0 Å². The van der Waals surface area contributed by atoms with Crippen LogP contribution >= 0.6 is 0 Å². The highest BCUT2D eigenvalue weighted by Gasteiger charge is 2.28. The largest absolute Gasteiger partial charge is 0.390 e. The third kappa shape index (κ3) is 5.29. The summed E-state index contributed by atoms with van der Waals surface area (Å²) in [6.07, 6.45) is 4.16. The average Bonchev–Trinajstić information content (AvgIpc) is 2.90. The predicted molar refractivity (Wildman–Crippen MR) is 141 cm³/mol. The first-order valence-corrected chi connectivity index (χ1v) is 12.8. The number of aromatic nitrogens is 2. The summed E-state index contributed by atoms with van der Waals surface area (Å²) in [5, 5.41) is 23.8. The smallest absolute Gasteiger partial charge is 0.101 e. The highest BCUT2D eigenvalue weighted by molar-refractivity contribution is 5.95. The molecule has 8 nitrogen and oxygen atoms in total. The molecule has 2 aromatic heterocycles. The molecule has 5 rings (SSSR count). The molecule has 2 saturated heterocycles. The summed E-state index contributed by atoms with van der Waals surface area (Å²) in [7, 11) is 0. The number of hydrogen-bond donors (Lipinski definition) is 2. The number of benzene rings is 1. The van der Waals surface area contributed by atoms with Crippen molar-refractivity contribution >= 4 is 22.3 Å². The summed E-state index contributed by atoms with van der Waals surface area (Å²) in [4.78, 5) is 13.6. The number of rotatable bonds is 6. The van der Waals surface area contributed by atoms with Gasteiger partial charge in [0, 0.05) is 67.4 Å². The Kier molecular flexibility index (Phi) is 7.33. The van der Waals surface area contributed by atoms with E-state index in [1.807, 2.05) is 37.3 Å². The lowest BCUT2D eigenvalue weighted by molar-refractivity contribution is -0.0159. The lowest BCUT2D eigenvalue weighted by Gasteiger charge is -2.40. The van der Waals surface area contributed by atoms with Gasteiger partial charge < -0.3 is 25.0 Å². The second kappa shape index (κ2) is 10.8. The number of nitrogens with one attached hydrogen (secondary N) is 1. The molecule has 0 amide bonds. The van der Waals surface area contributed by atoms with E-state index in [1.165, 1.54) is 0 Å². The summed E-state index contributed by atoms with van der Waals surface area (Å²) in [6, 6.07) is 14.6. The van der Waals surface area contributed by atoms with Gasteiger partial charge in [0.25, 0.3) is 0 Å². The number of morpholine rings is 1. The maximum atomic E-state index is 9.55. The van der Waals surface area contributed by atoms with Gasteiger partial charge in [0.1, 0.15) is 6.07 Å². The van der Waals surface area contributed by atoms with Gasteiger partial charge >= 0.3 is 0 Å². The zero-order chi connectivity index (χ0) is 25.1. The van der Waals surface area contributed by atoms with Crippen LogP contribution in [0.5, 0.6) is 0 Å². The van der Waals surface area contributed by atoms with Crippen molar-refractivity contribution in [3.05, 3.63) is 59.5 Å². The average molecular weight is 487 g/mol. The van der Waals surface area contributed by atoms with Crippen LogP contribution < -0.4 is 15.1 Å². The van der Waals surface area contributed by atoms with Gasteiger partial charge in [0.2, 0.25) is 0 Å². The maximum Gasteiger partial charge on any atom is 0.101 e. The van der Waals surface area contributed by atoms with Crippen LogP contribution in [-0.2, 0) is 11.3 Å². The van der Waals surface area contributed by atoms with Crippen LogP contribution in [0.4, 0.5) is 11.4 Å². The van der Waals surface area contributed by atoms with Crippen molar-refractivity contribution in [2.45, 2.75) is 51.5 Å². The second-order valence-electron chi connectivity index (χ2n) is 9.93. The Morgan fingerprint density at radius 3 is 2.92 bits per heavy atom. The minimum absolute atomic E-state index is 0.0392. The number of pyridine rings is 2. The van der Waals surface area contributed by atoms with Crippen molar-refractivity contribution in [3.63, 3.8) is 0 Å². The molecule has 0 unspecified atom stereocenters. The molecule has 2 aliphatic rings. The molecule has 2 aliphatic heterocycles. The van der Waals surface area contributed by atoms with Crippen LogP contribution in [-0.4, -0.2) is 66.0 Å². The molecule has 0 radical (unpaired) electrons. The lowest BCUT2D eigenvalue weighted by atomic mass is 10.0. The topological polar surface area (TPSA) is 97.5 Å². The Balaban J connectivity index is 1.25. The van der Waals surface area contributed by atoms with Gasteiger partial charge in [-0.05, 0) is 63.1 Å². The van der Waals surface area contributed by atoms with Crippen LogP contribution in [0.1, 0.15) is 36.7 Å². The number of nitriles is 1. The molecule has 4 heterocycles. The quantitative estimate of drug-likeness (QED) is 0.549. The standard InChI is InChI=1S/C28H34N6O2/c1-19-11-24(12-23(18-35)32-19)33-10-4-5-22(16-33)31-14-25-17-34(15-20(2)36-25)27-8-7-21(13-29)28-26(27)6-3-9-30-28/h3,6-9,11-12,20,22,25,31,35H,4-5,10,14-18H2,1-2H3/t20-,22+,25+/m1/s1. The fourth-order valence-corrected chi connectivity index (χ4v) is 5.54. The third-order valence-corrected chi connectivity index (χ3v) is 7.11. The first-order valence-electron chi connectivity index (χ1n) is 12.8. The van der Waals surface area contributed by atoms with Crippen molar-refractivity contribution in [3.8, 4) is 6.07 Å². The van der Waals surface area contributed by atoms with Crippen LogP contribution in [0, 0.1) is 18.3 Å². The summed E-state index contributed by atoms with van der Waals surface area (Å²) in [5.74, 6) is 0. The molecule has 0 aliphatic carbocycles. The maximum absolute atomic E-state index is 9.55. The van der Waals surface area contributed by atoms with Crippen LogP contribution in [0.25, 0.3) is 10.9 Å². The summed E-state index contributed by atoms with van der Waals surface area (Å²) < 4.78 is 6.32. The molecule has 188 valence electrons. The van der Waals surface area contributed by atoms with E-state index >= 15 is 0 Å². The van der Waals surface area contributed by atoms with E-state index in [0.717, 1.165) is 79.2 Å². The lowest BCUT2D eigenvalue weighted by Crippen LogP contribution is -2.53. The molecule has 1 aromatic carbocycles. The fraction of sp³-hybridized carbons (Fsp3) is 0.464. The number of aliphatic hydroxyl groups excluding tert-OH is 1. The van der Waals surface area contributed by atoms with E-state index in [0.29, 0.717) is 11.6 Å². The SMILES string of the molecule is Cc1cc(N2CCC[C@H](NC[C@H]3CN(c4ccc(C#N)c5ncccc45)C[C@@H](C)O3)C2)cc(CO)n1. The monoisotopic (exact) mass is 486 g/mol. The number of ether oxygens (including phenoxy) is 1. The zero-order valence-corrected chi connectivity index (χ0v) is 21.0. The number of aryl methyl sites for hydroxylation is 1. The van der Waals surface area contributed by atoms with Crippen molar-refractivity contribution in [1.82, 2.24) is 15.3 Å². The molecule has 8 heteroatoms. The minimum Gasteiger partial charge on any atom is -0.390 e. The predicted octanol–water partition coefficient (Wildman–Crippen LogP) is 3.15. The first-order chi connectivity index (χ1) is 17.5. The van der Waals surface area contributed by atoms with E-state index < -0.39 is 0 Å². The van der Waals surface area contributed by atoms with Gasteiger partial charge in [-0.25, -0.2) is 0 Å². The number of anilines is 2. The van der Waals surface area contributed by atoms with Gasteiger partial charge in [0.05, 0.1) is 35.6 Å². The first kappa shape index (κ1) is 24.4. The van der Waals surface area contributed by atoms with Crippen LogP contribution in [0.2, 0.25) is 0 Å². The molecule has 0 bridgehead atoms. The van der Waals surface area contributed by atoms with Crippen molar-refractivity contribution in [1.29, 1.82) is 5.26 Å². The Bertz CT molecular complexity index is 1260. The highest BCUT2D eigenvalue weighted by Crippen LogP contribution is 2.30. The number of piperidine rings is 1. The molecule has 2 N–H and O–H groups in total. The van der Waals surface area contributed by atoms with E-state index in [2.05, 4.69) is 44.1 Å². The fourth-order valence-electron chi connectivity index (χ4n) is 5.54. The van der Waals surface area contributed by atoms with Crippen LogP contribution in [0.3, 0.4) is 0 Å². The Labute approximate surface area is 212 Å². The Hall–Kier alpha value is -3.25. The van der Waals surface area contributed by atoms with Gasteiger partial charge in [-0.2, -0.15) is 5.26 Å². The van der Waals surface area contributed by atoms with E-state index in [9.17, 15) is 10.4 Å². The molecule has 3 aromatic rings. The Morgan fingerprint density at radius 1 is 1.19 bits per heavy atom. The van der Waals surface area contributed by atoms with E-state index in [4.69, 9.17) is 4.74 Å². The molecular weight excluding hydrogens is 452 g/mol. The van der Waals surface area contributed by atoms with E-state index in [-0.39, 0.29) is 18.8 Å². The summed E-state index contributed by atoms with van der Waals surface area (Å²) in [6.45, 7) is 8.36. The minimum atomic E-state index is -0.0392. The van der Waals surface area contributed by atoms with Crippen molar-refractivity contribution < 1.29 is 9.84 Å². The summed E-state index contributed by atoms with van der Waals surface area (Å²) >= 11 is 0. The highest BCUT2D eigenvalue weighted by atomic mass is 16.5. The molecule has 3 atom stereocenters. The van der Waals surface area contributed by atoms with Gasteiger partial charge in [-0.3, -0.25) is 9.97 Å². The zero-order valence-electron chi connectivity index (χ0n) is 21.0. The Morgan fingerprint density at radius 2 is 2.08 bits per heavy atom. The normalized spacial score (nSPS) is 22.6. The molecule has 0 spiro atoms. The second-order valence-corrected chi connectivity index (χ2v) is 9.93.